The molecule has 0 spiro atoms. The fraction of sp³-hybridized carbons (Fsp3) is 0.250. The maximum Gasteiger partial charge on any atom is 0.279 e. The highest BCUT2D eigenvalue weighted by Gasteiger charge is 2.19. The molecule has 1 heterocycles. The van der Waals surface area contributed by atoms with E-state index >= 15 is 0 Å². The van der Waals surface area contributed by atoms with Crippen molar-refractivity contribution in [3.63, 3.8) is 0 Å². The minimum atomic E-state index is 0.00292. The third kappa shape index (κ3) is 2.74. The van der Waals surface area contributed by atoms with Crippen molar-refractivity contribution in [1.29, 1.82) is 0 Å². The first kappa shape index (κ1) is 15.3. The standard InChI is InChI=1S/C20H22N2O/c1-13(2)19-18(16-8-6-5-7-9-16)20(23)22(21-19)17-11-10-14(3)15(4)12-17/h5-13,21H,1-4H3. The van der Waals surface area contributed by atoms with E-state index < -0.39 is 0 Å². The summed E-state index contributed by atoms with van der Waals surface area (Å²) in [6.07, 6.45) is 0. The van der Waals surface area contributed by atoms with Gasteiger partial charge in [0.15, 0.2) is 0 Å². The van der Waals surface area contributed by atoms with E-state index in [9.17, 15) is 4.79 Å². The summed E-state index contributed by atoms with van der Waals surface area (Å²) in [5.41, 5.74) is 5.97. The van der Waals surface area contributed by atoms with E-state index in [0.717, 1.165) is 22.5 Å². The first-order chi connectivity index (χ1) is 11.0. The van der Waals surface area contributed by atoms with E-state index in [0.29, 0.717) is 0 Å². The molecule has 0 saturated heterocycles. The highest BCUT2D eigenvalue weighted by molar-refractivity contribution is 5.66. The van der Waals surface area contributed by atoms with Crippen molar-refractivity contribution in [2.75, 3.05) is 0 Å². The van der Waals surface area contributed by atoms with Crippen LogP contribution < -0.4 is 5.56 Å². The molecule has 1 N–H and O–H groups in total. The van der Waals surface area contributed by atoms with Crippen LogP contribution in [0.15, 0.2) is 53.3 Å². The molecule has 3 rings (SSSR count). The van der Waals surface area contributed by atoms with Gasteiger partial charge in [-0.05, 0) is 48.6 Å². The Bertz CT molecular complexity index is 886. The van der Waals surface area contributed by atoms with Crippen LogP contribution in [0, 0.1) is 13.8 Å². The Hall–Kier alpha value is -2.55. The zero-order valence-corrected chi connectivity index (χ0v) is 14.1. The molecule has 0 atom stereocenters. The summed E-state index contributed by atoms with van der Waals surface area (Å²) in [6, 6.07) is 16.0. The second-order valence-electron chi connectivity index (χ2n) is 6.33. The maximum absolute atomic E-state index is 13.0. The second kappa shape index (κ2) is 5.92. The molecule has 3 aromatic rings. The van der Waals surface area contributed by atoms with E-state index in [2.05, 4.69) is 38.9 Å². The van der Waals surface area contributed by atoms with Crippen molar-refractivity contribution in [3.8, 4) is 16.8 Å². The molecule has 3 heteroatoms. The van der Waals surface area contributed by atoms with E-state index in [1.807, 2.05) is 42.5 Å². The van der Waals surface area contributed by atoms with E-state index in [-0.39, 0.29) is 11.5 Å². The number of aromatic amines is 1. The van der Waals surface area contributed by atoms with Gasteiger partial charge in [-0.2, -0.15) is 0 Å². The zero-order valence-electron chi connectivity index (χ0n) is 14.1. The molecule has 1 aromatic heterocycles. The van der Waals surface area contributed by atoms with Gasteiger partial charge >= 0.3 is 0 Å². The lowest BCUT2D eigenvalue weighted by Crippen LogP contribution is -2.15. The average molecular weight is 306 g/mol. The van der Waals surface area contributed by atoms with Gasteiger partial charge in [0.05, 0.1) is 11.3 Å². The minimum Gasteiger partial charge on any atom is -0.294 e. The van der Waals surface area contributed by atoms with Crippen molar-refractivity contribution in [3.05, 3.63) is 75.7 Å². The summed E-state index contributed by atoms with van der Waals surface area (Å²) in [5, 5.41) is 3.32. The first-order valence-corrected chi connectivity index (χ1v) is 7.97. The van der Waals surface area contributed by atoms with E-state index in [1.165, 1.54) is 11.1 Å². The van der Waals surface area contributed by atoms with Gasteiger partial charge in [-0.1, -0.05) is 50.2 Å². The Morgan fingerprint density at radius 1 is 0.957 bits per heavy atom. The Balaban J connectivity index is 2.24. The molecule has 0 aliphatic heterocycles. The van der Waals surface area contributed by atoms with Crippen LogP contribution in [0.2, 0.25) is 0 Å². The summed E-state index contributed by atoms with van der Waals surface area (Å²) in [6.45, 7) is 8.34. The number of benzene rings is 2. The molecule has 2 aromatic carbocycles. The summed E-state index contributed by atoms with van der Waals surface area (Å²) < 4.78 is 1.66. The lowest BCUT2D eigenvalue weighted by Gasteiger charge is -2.06. The Morgan fingerprint density at radius 3 is 2.26 bits per heavy atom. The van der Waals surface area contributed by atoms with Crippen molar-refractivity contribution in [2.24, 2.45) is 0 Å². The van der Waals surface area contributed by atoms with Crippen LogP contribution in [0.3, 0.4) is 0 Å². The van der Waals surface area contributed by atoms with Crippen LogP contribution in [0.25, 0.3) is 16.8 Å². The fourth-order valence-corrected chi connectivity index (χ4v) is 2.80. The SMILES string of the molecule is Cc1ccc(-n2[nH]c(C(C)C)c(-c3ccccc3)c2=O)cc1C. The molecule has 3 nitrogen and oxygen atoms in total. The molecule has 0 amide bonds. The highest BCUT2D eigenvalue weighted by Crippen LogP contribution is 2.26. The van der Waals surface area contributed by atoms with Gasteiger partial charge in [0.2, 0.25) is 0 Å². The van der Waals surface area contributed by atoms with E-state index in [1.54, 1.807) is 4.68 Å². The molecule has 0 fully saturated rings. The van der Waals surface area contributed by atoms with Crippen LogP contribution in [0.4, 0.5) is 0 Å². The Morgan fingerprint density at radius 2 is 1.65 bits per heavy atom. The number of nitrogens with one attached hydrogen (secondary N) is 1. The number of H-pyrrole nitrogens is 1. The Kier molecular flexibility index (Phi) is 3.95. The monoisotopic (exact) mass is 306 g/mol. The summed E-state index contributed by atoms with van der Waals surface area (Å²) in [5.74, 6) is 0.241. The summed E-state index contributed by atoms with van der Waals surface area (Å²) >= 11 is 0. The molecule has 0 saturated carbocycles. The number of hydrogen-bond acceptors (Lipinski definition) is 1. The first-order valence-electron chi connectivity index (χ1n) is 7.97. The van der Waals surface area contributed by atoms with Gasteiger partial charge in [0, 0.05) is 5.69 Å². The lowest BCUT2D eigenvalue weighted by molar-refractivity contribution is 0.760. The number of nitrogens with zero attached hydrogens (tertiary/aromatic N) is 1. The van der Waals surface area contributed by atoms with Crippen LogP contribution >= 0.6 is 0 Å². The predicted molar refractivity (Wildman–Crippen MR) is 95.4 cm³/mol. The van der Waals surface area contributed by atoms with Crippen LogP contribution in [-0.4, -0.2) is 9.78 Å². The molecule has 0 unspecified atom stereocenters. The molecule has 23 heavy (non-hydrogen) atoms. The summed E-state index contributed by atoms with van der Waals surface area (Å²) in [7, 11) is 0. The zero-order chi connectivity index (χ0) is 16.6. The number of aromatic nitrogens is 2. The minimum absolute atomic E-state index is 0.00292. The predicted octanol–water partition coefficient (Wildman–Crippen LogP) is 4.57. The molecular formula is C20H22N2O. The van der Waals surface area contributed by atoms with Gasteiger partial charge in [0.25, 0.3) is 5.56 Å². The highest BCUT2D eigenvalue weighted by atomic mass is 16.1. The van der Waals surface area contributed by atoms with Crippen molar-refractivity contribution in [2.45, 2.75) is 33.6 Å². The second-order valence-corrected chi connectivity index (χ2v) is 6.33. The fourth-order valence-electron chi connectivity index (χ4n) is 2.80. The number of aryl methyl sites for hydroxylation is 2. The van der Waals surface area contributed by atoms with Crippen molar-refractivity contribution >= 4 is 0 Å². The van der Waals surface area contributed by atoms with Crippen molar-refractivity contribution in [1.82, 2.24) is 9.78 Å². The normalized spacial score (nSPS) is 11.2. The third-order valence-corrected chi connectivity index (χ3v) is 4.31. The van der Waals surface area contributed by atoms with Gasteiger partial charge in [-0.3, -0.25) is 9.89 Å². The maximum atomic E-state index is 13.0. The topological polar surface area (TPSA) is 37.8 Å². The lowest BCUT2D eigenvalue weighted by atomic mass is 10.00. The van der Waals surface area contributed by atoms with E-state index in [4.69, 9.17) is 0 Å². The molecule has 0 bridgehead atoms. The number of rotatable bonds is 3. The van der Waals surface area contributed by atoms with Gasteiger partial charge in [-0.25, -0.2) is 4.68 Å². The van der Waals surface area contributed by atoms with Crippen molar-refractivity contribution < 1.29 is 0 Å². The average Bonchev–Trinajstić information content (AvgIpc) is 2.88. The smallest absolute Gasteiger partial charge is 0.279 e. The van der Waals surface area contributed by atoms with Gasteiger partial charge in [0.1, 0.15) is 0 Å². The Labute approximate surface area is 136 Å². The van der Waals surface area contributed by atoms with Gasteiger partial charge < -0.3 is 0 Å². The molecule has 0 radical (unpaired) electrons. The largest absolute Gasteiger partial charge is 0.294 e. The van der Waals surface area contributed by atoms with Gasteiger partial charge in [-0.15, -0.1) is 0 Å². The molecular weight excluding hydrogens is 284 g/mol. The van der Waals surface area contributed by atoms with Crippen LogP contribution in [0.1, 0.15) is 36.6 Å². The third-order valence-electron chi connectivity index (χ3n) is 4.31. The van der Waals surface area contributed by atoms with Crippen LogP contribution in [0.5, 0.6) is 0 Å². The molecule has 0 aliphatic carbocycles. The number of hydrogen-bond donors (Lipinski definition) is 1. The molecule has 118 valence electrons. The quantitative estimate of drug-likeness (QED) is 0.756. The van der Waals surface area contributed by atoms with Crippen LogP contribution in [-0.2, 0) is 0 Å². The summed E-state index contributed by atoms with van der Waals surface area (Å²) in [4.78, 5) is 13.0. The molecule has 0 aliphatic rings.